The topological polar surface area (TPSA) is 37.6 Å². The van der Waals surface area contributed by atoms with Crippen LogP contribution in [0.15, 0.2) is 48.7 Å². The third kappa shape index (κ3) is 4.43. The molecular formula is C24H26ClN3OS. The summed E-state index contributed by atoms with van der Waals surface area (Å²) in [6, 6.07) is 13.7. The number of unbranched alkanes of at least 4 members (excludes halogenated alkanes) is 1. The number of benzene rings is 2. The number of Topliss-reactive ketones (excluding diaryl/α,β-unsaturated/α-hetero) is 1. The van der Waals surface area contributed by atoms with Crippen molar-refractivity contribution in [1.82, 2.24) is 14.3 Å². The van der Waals surface area contributed by atoms with Crippen LogP contribution in [0.5, 0.6) is 0 Å². The molecule has 4 aromatic rings. The van der Waals surface area contributed by atoms with Crippen LogP contribution in [0, 0.1) is 0 Å². The van der Waals surface area contributed by atoms with Gasteiger partial charge in [0.2, 0.25) is 0 Å². The molecule has 0 N–H and O–H groups in total. The third-order valence-electron chi connectivity index (χ3n) is 5.58. The van der Waals surface area contributed by atoms with Crippen LogP contribution in [-0.2, 0) is 0 Å². The Kier molecular flexibility index (Phi) is 6.52. The molecule has 0 unspecified atom stereocenters. The standard InChI is InChI=1S/C24H26ClN3OS/c1-3-27(4-2)14-6-5-7-22(29)18-10-13-21-23(15-18)30-24-26-20(16-28(21)24)17-8-11-19(25)12-9-17/h8-13,15-16H,3-7,14H2,1-2H3. The lowest BCUT2D eigenvalue weighted by atomic mass is 10.1. The minimum atomic E-state index is 0.226. The molecule has 2 heterocycles. The van der Waals surface area contributed by atoms with Gasteiger partial charge in [-0.15, -0.1) is 0 Å². The van der Waals surface area contributed by atoms with Gasteiger partial charge in [0.05, 0.1) is 15.9 Å². The fourth-order valence-corrected chi connectivity index (χ4v) is 4.91. The van der Waals surface area contributed by atoms with E-state index in [-0.39, 0.29) is 5.78 Å². The van der Waals surface area contributed by atoms with E-state index in [0.29, 0.717) is 6.42 Å². The van der Waals surface area contributed by atoms with Crippen LogP contribution in [0.1, 0.15) is 43.5 Å². The molecule has 0 bridgehead atoms. The minimum absolute atomic E-state index is 0.226. The van der Waals surface area contributed by atoms with E-state index in [2.05, 4.69) is 23.1 Å². The second-order valence-electron chi connectivity index (χ2n) is 7.48. The molecule has 0 radical (unpaired) electrons. The maximum atomic E-state index is 12.7. The van der Waals surface area contributed by atoms with Crippen LogP contribution in [0.3, 0.4) is 0 Å². The largest absolute Gasteiger partial charge is 0.304 e. The summed E-state index contributed by atoms with van der Waals surface area (Å²) in [7, 11) is 0. The van der Waals surface area contributed by atoms with Gasteiger partial charge in [-0.1, -0.05) is 48.9 Å². The van der Waals surface area contributed by atoms with Crippen molar-refractivity contribution < 1.29 is 4.79 Å². The second-order valence-corrected chi connectivity index (χ2v) is 8.92. The molecule has 0 aliphatic carbocycles. The van der Waals surface area contributed by atoms with Crippen molar-refractivity contribution in [3.8, 4) is 11.3 Å². The molecule has 4 rings (SSSR count). The number of halogens is 1. The molecule has 0 saturated carbocycles. The monoisotopic (exact) mass is 439 g/mol. The first-order valence-corrected chi connectivity index (χ1v) is 11.7. The summed E-state index contributed by atoms with van der Waals surface area (Å²) in [5.74, 6) is 0.226. The van der Waals surface area contributed by atoms with Crippen molar-refractivity contribution in [2.45, 2.75) is 33.1 Å². The van der Waals surface area contributed by atoms with Crippen LogP contribution in [0.2, 0.25) is 5.02 Å². The number of carbonyl (C=O) groups excluding carboxylic acids is 1. The maximum Gasteiger partial charge on any atom is 0.195 e. The van der Waals surface area contributed by atoms with Crippen LogP contribution in [-0.4, -0.2) is 39.7 Å². The Labute approximate surface area is 186 Å². The zero-order valence-corrected chi connectivity index (χ0v) is 19.0. The van der Waals surface area contributed by atoms with Gasteiger partial charge in [-0.2, -0.15) is 0 Å². The highest BCUT2D eigenvalue weighted by Crippen LogP contribution is 2.30. The smallest absolute Gasteiger partial charge is 0.195 e. The minimum Gasteiger partial charge on any atom is -0.304 e. The number of imidazole rings is 1. The summed E-state index contributed by atoms with van der Waals surface area (Å²) < 4.78 is 3.19. The summed E-state index contributed by atoms with van der Waals surface area (Å²) in [5, 5.41) is 0.718. The molecule has 0 atom stereocenters. The van der Waals surface area contributed by atoms with Gasteiger partial charge in [0.15, 0.2) is 10.7 Å². The molecule has 6 heteroatoms. The van der Waals surface area contributed by atoms with Crippen molar-refractivity contribution >= 4 is 43.9 Å². The first-order chi connectivity index (χ1) is 14.6. The normalized spacial score (nSPS) is 11.7. The zero-order chi connectivity index (χ0) is 21.1. The predicted octanol–water partition coefficient (Wildman–Crippen LogP) is 6.56. The molecule has 0 aliphatic rings. The summed E-state index contributed by atoms with van der Waals surface area (Å²) in [4.78, 5) is 20.7. The molecule has 0 aliphatic heterocycles. The van der Waals surface area contributed by atoms with E-state index in [4.69, 9.17) is 16.6 Å². The number of thiazole rings is 1. The summed E-state index contributed by atoms with van der Waals surface area (Å²) >= 11 is 7.61. The highest BCUT2D eigenvalue weighted by molar-refractivity contribution is 7.23. The van der Waals surface area contributed by atoms with E-state index in [1.165, 1.54) is 0 Å². The Morgan fingerprint density at radius 2 is 1.87 bits per heavy atom. The first-order valence-electron chi connectivity index (χ1n) is 10.5. The van der Waals surface area contributed by atoms with Crippen molar-refractivity contribution in [2.75, 3.05) is 19.6 Å². The fraction of sp³-hybridized carbons (Fsp3) is 0.333. The number of rotatable bonds is 9. The highest BCUT2D eigenvalue weighted by atomic mass is 35.5. The Morgan fingerprint density at radius 3 is 2.60 bits per heavy atom. The Morgan fingerprint density at radius 1 is 1.10 bits per heavy atom. The molecular weight excluding hydrogens is 414 g/mol. The predicted molar refractivity (Wildman–Crippen MR) is 127 cm³/mol. The van der Waals surface area contributed by atoms with Gasteiger partial charge in [-0.3, -0.25) is 9.20 Å². The second kappa shape index (κ2) is 9.29. The van der Waals surface area contributed by atoms with Crippen molar-refractivity contribution in [3.63, 3.8) is 0 Å². The SMILES string of the molecule is CCN(CC)CCCCC(=O)c1ccc2c(c1)sc1nc(-c3ccc(Cl)cc3)cn12. The number of carbonyl (C=O) groups is 1. The lowest BCUT2D eigenvalue weighted by Gasteiger charge is -2.17. The average Bonchev–Trinajstić information content (AvgIpc) is 3.31. The van der Waals surface area contributed by atoms with Crippen LogP contribution >= 0.6 is 22.9 Å². The van der Waals surface area contributed by atoms with Crippen molar-refractivity contribution in [3.05, 3.63) is 59.2 Å². The van der Waals surface area contributed by atoms with Crippen LogP contribution < -0.4 is 0 Å². The average molecular weight is 440 g/mol. The molecule has 2 aromatic heterocycles. The van der Waals surface area contributed by atoms with Gasteiger partial charge in [0.25, 0.3) is 0 Å². The van der Waals surface area contributed by atoms with Gasteiger partial charge in [0, 0.05) is 28.8 Å². The maximum absolute atomic E-state index is 12.7. The van der Waals surface area contributed by atoms with E-state index >= 15 is 0 Å². The molecule has 0 amide bonds. The van der Waals surface area contributed by atoms with Crippen molar-refractivity contribution in [2.24, 2.45) is 0 Å². The third-order valence-corrected chi connectivity index (χ3v) is 6.85. The van der Waals surface area contributed by atoms with Gasteiger partial charge in [0.1, 0.15) is 0 Å². The van der Waals surface area contributed by atoms with Crippen LogP contribution in [0.25, 0.3) is 26.4 Å². The van der Waals surface area contributed by atoms with Gasteiger partial charge < -0.3 is 4.90 Å². The zero-order valence-electron chi connectivity index (χ0n) is 17.4. The summed E-state index contributed by atoms with van der Waals surface area (Å²) in [6.45, 7) is 7.57. The van der Waals surface area contributed by atoms with E-state index in [1.807, 2.05) is 48.7 Å². The summed E-state index contributed by atoms with van der Waals surface area (Å²) in [6.07, 6.45) is 4.66. The Balaban J connectivity index is 1.48. The number of hydrogen-bond donors (Lipinski definition) is 0. The fourth-order valence-electron chi connectivity index (χ4n) is 3.74. The van der Waals surface area contributed by atoms with E-state index < -0.39 is 0 Å². The lowest BCUT2D eigenvalue weighted by Crippen LogP contribution is -2.24. The molecule has 0 fully saturated rings. The molecule has 2 aromatic carbocycles. The van der Waals surface area contributed by atoms with Crippen molar-refractivity contribution in [1.29, 1.82) is 0 Å². The molecule has 156 valence electrons. The van der Waals surface area contributed by atoms with Gasteiger partial charge >= 0.3 is 0 Å². The van der Waals surface area contributed by atoms with Gasteiger partial charge in [-0.05, 0) is 62.8 Å². The lowest BCUT2D eigenvalue weighted by molar-refractivity contribution is 0.0978. The number of aromatic nitrogens is 2. The quantitative estimate of drug-likeness (QED) is 0.219. The van der Waals surface area contributed by atoms with Crippen LogP contribution in [0.4, 0.5) is 0 Å². The number of fused-ring (bicyclic) bond motifs is 3. The number of nitrogens with zero attached hydrogens (tertiary/aromatic N) is 3. The van der Waals surface area contributed by atoms with Gasteiger partial charge in [-0.25, -0.2) is 4.98 Å². The molecule has 0 saturated heterocycles. The number of hydrogen-bond acceptors (Lipinski definition) is 4. The number of ketones is 1. The van der Waals surface area contributed by atoms with E-state index in [1.54, 1.807) is 11.3 Å². The Bertz CT molecular complexity index is 1160. The highest BCUT2D eigenvalue weighted by Gasteiger charge is 2.13. The Hall–Kier alpha value is -2.21. The molecule has 4 nitrogen and oxygen atoms in total. The summed E-state index contributed by atoms with van der Waals surface area (Å²) in [5.41, 5.74) is 3.85. The molecule has 30 heavy (non-hydrogen) atoms. The van der Waals surface area contributed by atoms with E-state index in [9.17, 15) is 4.79 Å². The molecule has 0 spiro atoms. The first kappa shape index (κ1) is 21.0. The van der Waals surface area contributed by atoms with E-state index in [0.717, 1.165) is 69.5 Å².